The van der Waals surface area contributed by atoms with E-state index in [1.54, 1.807) is 0 Å². The zero-order valence-electron chi connectivity index (χ0n) is 14.5. The van der Waals surface area contributed by atoms with Gasteiger partial charge in [-0.25, -0.2) is 0 Å². The topological polar surface area (TPSA) is 65.2 Å². The quantitative estimate of drug-likeness (QED) is 0.897. The molecule has 2 N–H and O–H groups in total. The summed E-state index contributed by atoms with van der Waals surface area (Å²) in [7, 11) is 0. The number of anilines is 2. The minimum Gasteiger partial charge on any atom is -0.370 e. The maximum Gasteiger partial charge on any atom is 0.272 e. The molecule has 0 saturated carbocycles. The first-order chi connectivity index (χ1) is 12.1. The van der Waals surface area contributed by atoms with Crippen LogP contribution in [-0.4, -0.2) is 29.8 Å². The third kappa shape index (κ3) is 2.84. The smallest absolute Gasteiger partial charge is 0.272 e. The highest BCUT2D eigenvalue weighted by Gasteiger charge is 2.27. The van der Waals surface area contributed by atoms with Crippen LogP contribution in [0.5, 0.6) is 0 Å². The number of benzene rings is 1. The third-order valence-electron chi connectivity index (χ3n) is 5.26. The van der Waals surface area contributed by atoms with Crippen molar-refractivity contribution in [2.24, 2.45) is 0 Å². The fourth-order valence-electron chi connectivity index (χ4n) is 4.00. The molecule has 5 heteroatoms. The highest BCUT2D eigenvalue weighted by molar-refractivity contribution is 6.09. The van der Waals surface area contributed by atoms with Gasteiger partial charge in [0, 0.05) is 30.8 Å². The SMILES string of the molecule is Cc1c(C(=O)Nc2ccccc2N2CCCC2)[nH]c2c1C(=O)CCC2. The van der Waals surface area contributed by atoms with Crippen molar-refractivity contribution < 1.29 is 9.59 Å². The zero-order valence-corrected chi connectivity index (χ0v) is 14.5. The van der Waals surface area contributed by atoms with Crippen LogP contribution >= 0.6 is 0 Å². The second-order valence-corrected chi connectivity index (χ2v) is 6.92. The van der Waals surface area contributed by atoms with Crippen LogP contribution in [-0.2, 0) is 6.42 Å². The molecule has 0 radical (unpaired) electrons. The molecule has 0 atom stereocenters. The van der Waals surface area contributed by atoms with Crippen LogP contribution in [0.2, 0.25) is 0 Å². The number of Topliss-reactive ketones (excluding diaryl/α,β-unsaturated/α-hetero) is 1. The van der Waals surface area contributed by atoms with E-state index in [0.717, 1.165) is 54.1 Å². The molecule has 1 fully saturated rings. The summed E-state index contributed by atoms with van der Waals surface area (Å²) < 4.78 is 0. The van der Waals surface area contributed by atoms with Crippen molar-refractivity contribution in [2.75, 3.05) is 23.3 Å². The van der Waals surface area contributed by atoms with E-state index in [9.17, 15) is 9.59 Å². The Labute approximate surface area is 147 Å². The lowest BCUT2D eigenvalue weighted by Crippen LogP contribution is -2.21. The van der Waals surface area contributed by atoms with Crippen molar-refractivity contribution in [3.8, 4) is 0 Å². The van der Waals surface area contributed by atoms with Crippen LogP contribution in [0, 0.1) is 6.92 Å². The maximum absolute atomic E-state index is 12.9. The number of hydrogen-bond acceptors (Lipinski definition) is 3. The largest absolute Gasteiger partial charge is 0.370 e. The maximum atomic E-state index is 12.9. The molecule has 0 spiro atoms. The van der Waals surface area contributed by atoms with E-state index in [-0.39, 0.29) is 11.7 Å². The number of H-pyrrole nitrogens is 1. The number of carbonyl (C=O) groups is 2. The fraction of sp³-hybridized carbons (Fsp3) is 0.400. The number of ketones is 1. The molecule has 1 saturated heterocycles. The van der Waals surface area contributed by atoms with Gasteiger partial charge >= 0.3 is 0 Å². The number of aromatic nitrogens is 1. The van der Waals surface area contributed by atoms with E-state index in [2.05, 4.69) is 21.3 Å². The van der Waals surface area contributed by atoms with Crippen molar-refractivity contribution in [1.29, 1.82) is 0 Å². The molecule has 1 amide bonds. The number of para-hydroxylation sites is 2. The Kier molecular flexibility index (Phi) is 4.07. The molecular weight excluding hydrogens is 314 g/mol. The molecule has 2 heterocycles. The highest BCUT2D eigenvalue weighted by atomic mass is 16.2. The van der Waals surface area contributed by atoms with Crippen molar-refractivity contribution >= 4 is 23.1 Å². The van der Waals surface area contributed by atoms with Crippen LogP contribution in [0.4, 0.5) is 11.4 Å². The highest BCUT2D eigenvalue weighted by Crippen LogP contribution is 2.30. The van der Waals surface area contributed by atoms with E-state index < -0.39 is 0 Å². The number of carbonyl (C=O) groups excluding carboxylic acids is 2. The first kappa shape index (κ1) is 15.9. The number of aryl methyl sites for hydroxylation is 1. The van der Waals surface area contributed by atoms with Crippen molar-refractivity contribution in [2.45, 2.75) is 39.0 Å². The summed E-state index contributed by atoms with van der Waals surface area (Å²) in [6, 6.07) is 7.93. The van der Waals surface area contributed by atoms with Gasteiger partial charge in [-0.15, -0.1) is 0 Å². The van der Waals surface area contributed by atoms with Gasteiger partial charge in [-0.05, 0) is 50.3 Å². The molecule has 5 nitrogen and oxygen atoms in total. The Balaban J connectivity index is 1.62. The van der Waals surface area contributed by atoms with E-state index in [4.69, 9.17) is 0 Å². The standard InChI is InChI=1S/C20H23N3O2/c1-13-18-15(8-6-10-17(18)24)21-19(13)20(25)22-14-7-2-3-9-16(14)23-11-4-5-12-23/h2-3,7,9,21H,4-6,8,10-12H2,1H3,(H,22,25). The lowest BCUT2D eigenvalue weighted by Gasteiger charge is -2.21. The fourth-order valence-corrected chi connectivity index (χ4v) is 4.00. The number of rotatable bonds is 3. The lowest BCUT2D eigenvalue weighted by molar-refractivity contribution is 0.0971. The van der Waals surface area contributed by atoms with Gasteiger partial charge < -0.3 is 15.2 Å². The van der Waals surface area contributed by atoms with E-state index in [1.807, 2.05) is 25.1 Å². The Bertz CT molecular complexity index is 831. The number of aromatic amines is 1. The molecule has 4 rings (SSSR count). The molecule has 1 aliphatic carbocycles. The Morgan fingerprint density at radius 2 is 1.88 bits per heavy atom. The predicted octanol–water partition coefficient (Wildman–Crippen LogP) is 3.69. The Morgan fingerprint density at radius 1 is 1.12 bits per heavy atom. The van der Waals surface area contributed by atoms with E-state index in [1.165, 1.54) is 12.8 Å². The van der Waals surface area contributed by atoms with Gasteiger partial charge in [-0.3, -0.25) is 9.59 Å². The van der Waals surface area contributed by atoms with Gasteiger partial charge in [-0.2, -0.15) is 0 Å². The Morgan fingerprint density at radius 3 is 2.64 bits per heavy atom. The normalized spacial score (nSPS) is 16.8. The second-order valence-electron chi connectivity index (χ2n) is 6.92. The first-order valence-corrected chi connectivity index (χ1v) is 9.05. The summed E-state index contributed by atoms with van der Waals surface area (Å²) in [6.07, 6.45) is 4.63. The van der Waals surface area contributed by atoms with Gasteiger partial charge in [0.15, 0.2) is 5.78 Å². The number of nitrogens with zero attached hydrogens (tertiary/aromatic N) is 1. The average Bonchev–Trinajstić information content (AvgIpc) is 3.24. The third-order valence-corrected chi connectivity index (χ3v) is 5.26. The summed E-state index contributed by atoms with van der Waals surface area (Å²) in [4.78, 5) is 30.5. The molecule has 25 heavy (non-hydrogen) atoms. The molecule has 2 aliphatic rings. The molecule has 1 aliphatic heterocycles. The van der Waals surface area contributed by atoms with Crippen LogP contribution in [0.3, 0.4) is 0 Å². The average molecular weight is 337 g/mol. The summed E-state index contributed by atoms with van der Waals surface area (Å²) in [6.45, 7) is 3.91. The van der Waals surface area contributed by atoms with Crippen LogP contribution < -0.4 is 10.2 Å². The summed E-state index contributed by atoms with van der Waals surface area (Å²) in [5.41, 5.74) is 4.81. The minimum absolute atomic E-state index is 0.145. The molecule has 1 aromatic carbocycles. The molecule has 1 aromatic heterocycles. The monoisotopic (exact) mass is 337 g/mol. The first-order valence-electron chi connectivity index (χ1n) is 9.05. The zero-order chi connectivity index (χ0) is 17.4. The summed E-state index contributed by atoms with van der Waals surface area (Å²) in [5.74, 6) is -0.0298. The summed E-state index contributed by atoms with van der Waals surface area (Å²) in [5, 5.41) is 3.05. The molecule has 0 unspecified atom stereocenters. The number of amides is 1. The predicted molar refractivity (Wildman–Crippen MR) is 98.6 cm³/mol. The Hall–Kier alpha value is -2.56. The molecule has 2 aromatic rings. The molecule has 0 bridgehead atoms. The van der Waals surface area contributed by atoms with E-state index in [0.29, 0.717) is 12.1 Å². The molecule has 130 valence electrons. The van der Waals surface area contributed by atoms with Crippen molar-refractivity contribution in [3.05, 3.63) is 46.8 Å². The van der Waals surface area contributed by atoms with Gasteiger partial charge in [-0.1, -0.05) is 12.1 Å². The minimum atomic E-state index is -0.175. The van der Waals surface area contributed by atoms with E-state index >= 15 is 0 Å². The van der Waals surface area contributed by atoms with Crippen LogP contribution in [0.15, 0.2) is 24.3 Å². The number of hydrogen-bond donors (Lipinski definition) is 2. The second kappa shape index (κ2) is 6.39. The van der Waals surface area contributed by atoms with Gasteiger partial charge in [0.05, 0.1) is 11.4 Å². The number of fused-ring (bicyclic) bond motifs is 1. The van der Waals surface area contributed by atoms with Crippen molar-refractivity contribution in [3.63, 3.8) is 0 Å². The van der Waals surface area contributed by atoms with Gasteiger partial charge in [0.1, 0.15) is 5.69 Å². The van der Waals surface area contributed by atoms with Crippen LogP contribution in [0.25, 0.3) is 0 Å². The van der Waals surface area contributed by atoms with Crippen LogP contribution in [0.1, 0.15) is 57.8 Å². The molecular formula is C20H23N3O2. The lowest BCUT2D eigenvalue weighted by atomic mass is 9.94. The van der Waals surface area contributed by atoms with Gasteiger partial charge in [0.2, 0.25) is 0 Å². The number of nitrogens with one attached hydrogen (secondary N) is 2. The van der Waals surface area contributed by atoms with Gasteiger partial charge in [0.25, 0.3) is 5.91 Å². The summed E-state index contributed by atoms with van der Waals surface area (Å²) >= 11 is 0. The van der Waals surface area contributed by atoms with Crippen molar-refractivity contribution in [1.82, 2.24) is 4.98 Å².